The van der Waals surface area contributed by atoms with E-state index in [0.29, 0.717) is 27.8 Å². The summed E-state index contributed by atoms with van der Waals surface area (Å²) in [5.74, 6) is 0.473. The third-order valence-electron chi connectivity index (χ3n) is 4.89. The fraction of sp³-hybridized carbons (Fsp3) is 0.316. The van der Waals surface area contributed by atoms with Crippen molar-refractivity contribution in [3.63, 3.8) is 0 Å². The van der Waals surface area contributed by atoms with Gasteiger partial charge in [-0.2, -0.15) is 13.2 Å². The number of aromatic nitrogens is 3. The summed E-state index contributed by atoms with van der Waals surface area (Å²) in [4.78, 5) is 21.1. The highest BCUT2D eigenvalue weighted by Gasteiger charge is 2.30. The van der Waals surface area contributed by atoms with Crippen LogP contribution in [0.3, 0.4) is 0 Å². The largest absolute Gasteiger partial charge is 0.417 e. The molecule has 0 saturated carbocycles. The Hall–Kier alpha value is -2.94. The summed E-state index contributed by atoms with van der Waals surface area (Å²) in [6.07, 6.45) is 0.420. The van der Waals surface area contributed by atoms with E-state index in [-0.39, 0.29) is 11.6 Å². The van der Waals surface area contributed by atoms with E-state index < -0.39 is 11.7 Å². The van der Waals surface area contributed by atoms with Crippen molar-refractivity contribution in [3.05, 3.63) is 52.7 Å². The van der Waals surface area contributed by atoms with Gasteiger partial charge in [0.25, 0.3) is 5.56 Å². The molecule has 0 amide bonds. The summed E-state index contributed by atoms with van der Waals surface area (Å²) in [6.45, 7) is 1.67. The van der Waals surface area contributed by atoms with Crippen molar-refractivity contribution in [3.8, 4) is 11.3 Å². The van der Waals surface area contributed by atoms with E-state index in [1.807, 2.05) is 0 Å². The Morgan fingerprint density at radius 2 is 2.04 bits per heavy atom. The van der Waals surface area contributed by atoms with Gasteiger partial charge in [-0.3, -0.25) is 9.78 Å². The molecule has 3 aromatic heterocycles. The van der Waals surface area contributed by atoms with Crippen LogP contribution in [-0.2, 0) is 13.2 Å². The lowest BCUT2D eigenvalue weighted by Crippen LogP contribution is -2.25. The third kappa shape index (κ3) is 3.33. The van der Waals surface area contributed by atoms with Crippen molar-refractivity contribution < 1.29 is 13.2 Å². The Morgan fingerprint density at radius 1 is 1.21 bits per heavy atom. The summed E-state index contributed by atoms with van der Waals surface area (Å²) in [6, 6.07) is 4.19. The van der Waals surface area contributed by atoms with Gasteiger partial charge in [0.1, 0.15) is 5.82 Å². The zero-order chi connectivity index (χ0) is 19.9. The Balaban J connectivity index is 1.84. The van der Waals surface area contributed by atoms with E-state index in [9.17, 15) is 18.0 Å². The lowest BCUT2D eigenvalue weighted by Gasteiger charge is -2.16. The molecule has 1 fully saturated rings. The standard InChI is InChI=1S/C19H18F3N5O/c1-27-7-5-13-14(15-3-2-11(8-24-15)19(20,21)22)10-25-17(16(13)18(27)28)26-12-4-6-23-9-12/h2-3,5,7-8,10,12,23H,4,6,9H2,1H3,(H,25,26)/t12-/m0/s1. The van der Waals surface area contributed by atoms with Gasteiger partial charge in [-0.05, 0) is 31.2 Å². The molecule has 1 aliphatic rings. The average molecular weight is 389 g/mol. The number of fused-ring (bicyclic) bond motifs is 1. The molecule has 28 heavy (non-hydrogen) atoms. The van der Waals surface area contributed by atoms with E-state index >= 15 is 0 Å². The lowest BCUT2D eigenvalue weighted by atomic mass is 10.0. The van der Waals surface area contributed by atoms with Crippen LogP contribution in [0.15, 0.2) is 41.6 Å². The zero-order valence-electron chi connectivity index (χ0n) is 15.0. The van der Waals surface area contributed by atoms with Crippen LogP contribution < -0.4 is 16.2 Å². The molecule has 0 bridgehead atoms. The minimum absolute atomic E-state index is 0.163. The van der Waals surface area contributed by atoms with E-state index in [4.69, 9.17) is 0 Å². The van der Waals surface area contributed by atoms with E-state index in [2.05, 4.69) is 20.6 Å². The first-order chi connectivity index (χ1) is 13.3. The number of hydrogen-bond acceptors (Lipinski definition) is 5. The van der Waals surface area contributed by atoms with Crippen molar-refractivity contribution in [1.82, 2.24) is 19.9 Å². The fourth-order valence-corrected chi connectivity index (χ4v) is 3.35. The van der Waals surface area contributed by atoms with Gasteiger partial charge in [-0.15, -0.1) is 0 Å². The van der Waals surface area contributed by atoms with Crippen LogP contribution in [-0.4, -0.2) is 33.7 Å². The van der Waals surface area contributed by atoms with Crippen molar-refractivity contribution >= 4 is 16.6 Å². The molecule has 1 saturated heterocycles. The molecule has 4 rings (SSSR count). The normalized spacial score (nSPS) is 17.2. The van der Waals surface area contributed by atoms with E-state index in [1.54, 1.807) is 25.5 Å². The summed E-state index contributed by atoms with van der Waals surface area (Å²) in [5.41, 5.74) is -0.215. The molecule has 0 aromatic carbocycles. The molecule has 1 atom stereocenters. The molecular weight excluding hydrogens is 371 g/mol. The molecule has 3 aromatic rings. The number of rotatable bonds is 3. The molecule has 0 radical (unpaired) electrons. The molecule has 1 aliphatic heterocycles. The van der Waals surface area contributed by atoms with Gasteiger partial charge >= 0.3 is 6.18 Å². The highest BCUT2D eigenvalue weighted by atomic mass is 19.4. The van der Waals surface area contributed by atoms with Crippen LogP contribution in [0.4, 0.5) is 19.0 Å². The fourth-order valence-electron chi connectivity index (χ4n) is 3.35. The van der Waals surface area contributed by atoms with Crippen LogP contribution in [0.5, 0.6) is 0 Å². The van der Waals surface area contributed by atoms with Gasteiger partial charge in [0.2, 0.25) is 0 Å². The highest BCUT2D eigenvalue weighted by Crippen LogP contribution is 2.32. The zero-order valence-corrected chi connectivity index (χ0v) is 15.0. The second kappa shape index (κ2) is 6.90. The number of alkyl halides is 3. The molecule has 9 heteroatoms. The minimum atomic E-state index is -4.45. The monoisotopic (exact) mass is 389 g/mol. The van der Waals surface area contributed by atoms with Crippen molar-refractivity contribution in [2.45, 2.75) is 18.6 Å². The number of aryl methyl sites for hydroxylation is 1. The summed E-state index contributed by atoms with van der Waals surface area (Å²) in [5, 5.41) is 7.54. The van der Waals surface area contributed by atoms with Crippen LogP contribution in [0, 0.1) is 0 Å². The van der Waals surface area contributed by atoms with Gasteiger partial charge in [-0.1, -0.05) is 0 Å². The first-order valence-electron chi connectivity index (χ1n) is 8.84. The number of nitrogens with zero attached hydrogens (tertiary/aromatic N) is 3. The average Bonchev–Trinajstić information content (AvgIpc) is 3.17. The minimum Gasteiger partial charge on any atom is -0.365 e. The Bertz CT molecular complexity index is 1070. The SMILES string of the molecule is Cn1ccc2c(-c3ccc(C(F)(F)F)cn3)cnc(N[C@H]3CCNC3)c2c1=O. The summed E-state index contributed by atoms with van der Waals surface area (Å²) in [7, 11) is 1.64. The number of nitrogens with one attached hydrogen (secondary N) is 2. The topological polar surface area (TPSA) is 71.8 Å². The van der Waals surface area contributed by atoms with E-state index in [1.165, 1.54) is 10.6 Å². The van der Waals surface area contributed by atoms with Crippen LogP contribution >= 0.6 is 0 Å². The second-order valence-electron chi connectivity index (χ2n) is 6.80. The van der Waals surface area contributed by atoms with Crippen LogP contribution in [0.2, 0.25) is 0 Å². The molecule has 0 aliphatic carbocycles. The maximum atomic E-state index is 12.8. The smallest absolute Gasteiger partial charge is 0.365 e. The third-order valence-corrected chi connectivity index (χ3v) is 4.89. The molecule has 146 valence electrons. The van der Waals surface area contributed by atoms with Gasteiger partial charge < -0.3 is 15.2 Å². The Kier molecular flexibility index (Phi) is 4.54. The summed E-state index contributed by atoms with van der Waals surface area (Å²) >= 11 is 0. The predicted octanol–water partition coefficient (Wildman–Crippen LogP) is 2.79. The lowest BCUT2D eigenvalue weighted by molar-refractivity contribution is -0.137. The van der Waals surface area contributed by atoms with E-state index in [0.717, 1.165) is 31.8 Å². The first kappa shape index (κ1) is 18.4. The van der Waals surface area contributed by atoms with Crippen LogP contribution in [0.1, 0.15) is 12.0 Å². The van der Waals surface area contributed by atoms with Crippen molar-refractivity contribution in [1.29, 1.82) is 0 Å². The molecule has 2 N–H and O–H groups in total. The first-order valence-corrected chi connectivity index (χ1v) is 8.84. The Morgan fingerprint density at radius 3 is 2.68 bits per heavy atom. The van der Waals surface area contributed by atoms with Gasteiger partial charge in [0, 0.05) is 49.2 Å². The molecule has 4 heterocycles. The highest BCUT2D eigenvalue weighted by molar-refractivity contribution is 6.00. The number of pyridine rings is 3. The molecular formula is C19H18F3N5O. The maximum Gasteiger partial charge on any atom is 0.417 e. The molecule has 0 unspecified atom stereocenters. The Labute approximate surface area is 158 Å². The van der Waals surface area contributed by atoms with Gasteiger partial charge in [0.15, 0.2) is 0 Å². The quantitative estimate of drug-likeness (QED) is 0.721. The summed E-state index contributed by atoms with van der Waals surface area (Å²) < 4.78 is 39.9. The molecule has 6 nitrogen and oxygen atoms in total. The van der Waals surface area contributed by atoms with Crippen molar-refractivity contribution in [2.24, 2.45) is 7.05 Å². The van der Waals surface area contributed by atoms with Gasteiger partial charge in [-0.25, -0.2) is 4.98 Å². The predicted molar refractivity (Wildman–Crippen MR) is 100 cm³/mol. The second-order valence-corrected chi connectivity index (χ2v) is 6.80. The molecule has 0 spiro atoms. The number of anilines is 1. The van der Waals surface area contributed by atoms with Crippen LogP contribution in [0.25, 0.3) is 22.0 Å². The van der Waals surface area contributed by atoms with Gasteiger partial charge in [0.05, 0.1) is 16.6 Å². The number of hydrogen-bond donors (Lipinski definition) is 2. The number of halogens is 3. The van der Waals surface area contributed by atoms with Crippen molar-refractivity contribution in [2.75, 3.05) is 18.4 Å². The maximum absolute atomic E-state index is 12.8.